The Morgan fingerprint density at radius 2 is 1.57 bits per heavy atom. The van der Waals surface area contributed by atoms with Crippen molar-refractivity contribution in [1.82, 2.24) is 10.1 Å². The van der Waals surface area contributed by atoms with E-state index < -0.39 is 0 Å². The van der Waals surface area contributed by atoms with Crippen molar-refractivity contribution >= 4 is 40.5 Å². The van der Waals surface area contributed by atoms with Crippen molar-refractivity contribution in [3.05, 3.63) is 51.5 Å². The van der Waals surface area contributed by atoms with E-state index in [4.69, 9.17) is 45.1 Å². The minimum absolute atomic E-state index is 0.345. The van der Waals surface area contributed by atoms with Gasteiger partial charge >= 0.3 is 0 Å². The van der Waals surface area contributed by atoms with Gasteiger partial charge in [-0.1, -0.05) is 40.0 Å². The molecule has 4 nitrogen and oxygen atoms in total. The summed E-state index contributed by atoms with van der Waals surface area (Å²) in [6, 6.07) is 10.2. The summed E-state index contributed by atoms with van der Waals surface area (Å²) in [5, 5.41) is 5.25. The smallest absolute Gasteiger partial charge is 0.258 e. The van der Waals surface area contributed by atoms with Crippen LogP contribution in [0.3, 0.4) is 0 Å². The van der Waals surface area contributed by atoms with Crippen LogP contribution in [0.1, 0.15) is 0 Å². The number of nitrogens with zero attached hydrogens (tertiary/aromatic N) is 2. The van der Waals surface area contributed by atoms with Crippen molar-refractivity contribution in [2.75, 3.05) is 5.73 Å². The molecule has 0 atom stereocenters. The molecule has 0 saturated heterocycles. The number of aromatic nitrogens is 2. The third-order valence-electron chi connectivity index (χ3n) is 2.85. The Hall–Kier alpha value is -1.75. The first-order valence-electron chi connectivity index (χ1n) is 5.89. The average molecular weight is 341 g/mol. The molecule has 0 amide bonds. The van der Waals surface area contributed by atoms with E-state index in [-0.39, 0.29) is 0 Å². The van der Waals surface area contributed by atoms with E-state index in [1.165, 1.54) is 0 Å². The average Bonchev–Trinajstić information content (AvgIpc) is 2.94. The van der Waals surface area contributed by atoms with Crippen LogP contribution in [0.5, 0.6) is 0 Å². The monoisotopic (exact) mass is 339 g/mol. The summed E-state index contributed by atoms with van der Waals surface area (Å²) in [5.41, 5.74) is 7.56. The highest BCUT2D eigenvalue weighted by molar-refractivity contribution is 6.42. The van der Waals surface area contributed by atoms with Crippen LogP contribution in [0.4, 0.5) is 5.69 Å². The zero-order chi connectivity index (χ0) is 15.0. The molecule has 1 heterocycles. The number of anilines is 1. The number of hydrogen-bond acceptors (Lipinski definition) is 4. The number of benzene rings is 2. The van der Waals surface area contributed by atoms with E-state index in [1.807, 2.05) is 0 Å². The summed E-state index contributed by atoms with van der Waals surface area (Å²) < 4.78 is 5.23. The van der Waals surface area contributed by atoms with E-state index >= 15 is 0 Å². The van der Waals surface area contributed by atoms with Gasteiger partial charge in [-0.2, -0.15) is 4.98 Å². The van der Waals surface area contributed by atoms with Gasteiger partial charge in [-0.05, 0) is 36.4 Å². The lowest BCUT2D eigenvalue weighted by Crippen LogP contribution is -1.87. The Morgan fingerprint density at radius 3 is 2.29 bits per heavy atom. The minimum atomic E-state index is 0.345. The summed E-state index contributed by atoms with van der Waals surface area (Å²) in [6.45, 7) is 0. The molecule has 21 heavy (non-hydrogen) atoms. The molecule has 2 N–H and O–H groups in total. The lowest BCUT2D eigenvalue weighted by Gasteiger charge is -1.99. The lowest BCUT2D eigenvalue weighted by molar-refractivity contribution is 0.432. The highest BCUT2D eigenvalue weighted by Crippen LogP contribution is 2.30. The molecule has 3 aromatic rings. The van der Waals surface area contributed by atoms with Crippen molar-refractivity contribution in [2.24, 2.45) is 0 Å². The molecular weight excluding hydrogens is 333 g/mol. The Kier molecular flexibility index (Phi) is 3.76. The first-order valence-corrected chi connectivity index (χ1v) is 7.02. The van der Waals surface area contributed by atoms with Crippen molar-refractivity contribution in [1.29, 1.82) is 0 Å². The number of nitrogens with two attached hydrogens (primary N) is 1. The Bertz CT molecular complexity index is 751. The maximum absolute atomic E-state index is 5.98. The van der Waals surface area contributed by atoms with Crippen LogP contribution in [0.25, 0.3) is 22.8 Å². The van der Waals surface area contributed by atoms with Gasteiger partial charge in [-0.25, -0.2) is 0 Å². The predicted molar refractivity (Wildman–Crippen MR) is 84.6 cm³/mol. The molecule has 106 valence electrons. The minimum Gasteiger partial charge on any atom is -0.398 e. The van der Waals surface area contributed by atoms with E-state index in [0.29, 0.717) is 43.6 Å². The quantitative estimate of drug-likeness (QED) is 0.671. The van der Waals surface area contributed by atoms with Gasteiger partial charge < -0.3 is 10.3 Å². The van der Waals surface area contributed by atoms with Gasteiger partial charge in [-0.3, -0.25) is 0 Å². The first-order chi connectivity index (χ1) is 10.0. The van der Waals surface area contributed by atoms with Crippen LogP contribution < -0.4 is 5.73 Å². The Labute approximate surface area is 135 Å². The van der Waals surface area contributed by atoms with Gasteiger partial charge in [0, 0.05) is 11.1 Å². The molecule has 3 rings (SSSR count). The van der Waals surface area contributed by atoms with Gasteiger partial charge in [0.2, 0.25) is 5.82 Å². The molecule has 0 spiro atoms. The van der Waals surface area contributed by atoms with Gasteiger partial charge in [0.25, 0.3) is 5.89 Å². The maximum Gasteiger partial charge on any atom is 0.258 e. The highest BCUT2D eigenvalue weighted by atomic mass is 35.5. The van der Waals surface area contributed by atoms with E-state index in [1.54, 1.807) is 36.4 Å². The van der Waals surface area contributed by atoms with Gasteiger partial charge in [0.15, 0.2) is 0 Å². The maximum atomic E-state index is 5.98. The fourth-order valence-corrected chi connectivity index (χ4v) is 2.23. The molecule has 0 saturated carbocycles. The van der Waals surface area contributed by atoms with Gasteiger partial charge in [0.1, 0.15) is 0 Å². The zero-order valence-corrected chi connectivity index (χ0v) is 12.7. The summed E-state index contributed by atoms with van der Waals surface area (Å²) in [6.07, 6.45) is 0. The van der Waals surface area contributed by atoms with Crippen molar-refractivity contribution in [3.8, 4) is 22.8 Å². The van der Waals surface area contributed by atoms with Crippen molar-refractivity contribution in [2.45, 2.75) is 0 Å². The molecule has 1 aromatic heterocycles. The van der Waals surface area contributed by atoms with E-state index in [0.717, 1.165) is 0 Å². The van der Waals surface area contributed by atoms with Crippen LogP contribution >= 0.6 is 34.8 Å². The predicted octanol–water partition coefficient (Wildman–Crippen LogP) is 4.95. The topological polar surface area (TPSA) is 64.9 Å². The summed E-state index contributed by atoms with van der Waals surface area (Å²) in [5.74, 6) is 0.759. The zero-order valence-electron chi connectivity index (χ0n) is 10.5. The fourth-order valence-electron chi connectivity index (χ4n) is 1.75. The largest absolute Gasteiger partial charge is 0.398 e. The standard InChI is InChI=1S/C14H8Cl3N3O/c15-9-3-1-7(5-10(9)16)13-19-14(21-20-13)8-2-4-12(18)11(17)6-8/h1-6H,18H2. The second-order valence-corrected chi connectivity index (χ2v) is 5.51. The number of hydrogen-bond donors (Lipinski definition) is 1. The number of halogens is 3. The molecule has 0 aliphatic rings. The number of nitrogen functional groups attached to an aromatic ring is 1. The van der Waals surface area contributed by atoms with E-state index in [9.17, 15) is 0 Å². The van der Waals surface area contributed by atoms with Crippen LogP contribution in [0.2, 0.25) is 15.1 Å². The van der Waals surface area contributed by atoms with Crippen LogP contribution in [0.15, 0.2) is 40.9 Å². The van der Waals surface area contributed by atoms with Gasteiger partial charge in [0.05, 0.1) is 20.8 Å². The second kappa shape index (κ2) is 5.56. The molecule has 0 bridgehead atoms. The molecular formula is C14H8Cl3N3O. The third-order valence-corrected chi connectivity index (χ3v) is 3.92. The summed E-state index contributed by atoms with van der Waals surface area (Å²) in [4.78, 5) is 4.31. The van der Waals surface area contributed by atoms with Crippen LogP contribution in [-0.4, -0.2) is 10.1 Å². The molecule has 2 aromatic carbocycles. The SMILES string of the molecule is Nc1ccc(-c2nc(-c3ccc(Cl)c(Cl)c3)no2)cc1Cl. The molecule has 0 aliphatic carbocycles. The molecule has 7 heteroatoms. The summed E-state index contributed by atoms with van der Waals surface area (Å²) >= 11 is 17.8. The van der Waals surface area contributed by atoms with E-state index in [2.05, 4.69) is 10.1 Å². The van der Waals surface area contributed by atoms with Gasteiger partial charge in [-0.15, -0.1) is 0 Å². The lowest BCUT2D eigenvalue weighted by atomic mass is 10.2. The Morgan fingerprint density at radius 1 is 0.857 bits per heavy atom. The second-order valence-electron chi connectivity index (χ2n) is 4.29. The van der Waals surface area contributed by atoms with Crippen LogP contribution in [-0.2, 0) is 0 Å². The molecule has 0 fully saturated rings. The fraction of sp³-hybridized carbons (Fsp3) is 0. The van der Waals surface area contributed by atoms with Crippen molar-refractivity contribution < 1.29 is 4.52 Å². The van der Waals surface area contributed by atoms with Crippen LogP contribution in [0, 0.1) is 0 Å². The third kappa shape index (κ3) is 2.83. The molecule has 0 radical (unpaired) electrons. The molecule has 0 unspecified atom stereocenters. The summed E-state index contributed by atoms with van der Waals surface area (Å²) in [7, 11) is 0. The van der Waals surface area contributed by atoms with Crippen molar-refractivity contribution in [3.63, 3.8) is 0 Å². The first kappa shape index (κ1) is 14.2. The normalized spacial score (nSPS) is 10.8. The highest BCUT2D eigenvalue weighted by Gasteiger charge is 2.12. The number of rotatable bonds is 2. The molecule has 0 aliphatic heterocycles. The Balaban J connectivity index is 1.99.